The van der Waals surface area contributed by atoms with E-state index in [4.69, 9.17) is 4.65 Å². The summed E-state index contributed by atoms with van der Waals surface area (Å²) in [6, 6.07) is 41.3. The fourth-order valence-electron chi connectivity index (χ4n) is 3.89. The number of nitrogens with zero attached hydrogens (tertiary/aromatic N) is 1. The maximum Gasteiger partial charge on any atom is 0 e. The van der Waals surface area contributed by atoms with Crippen LogP contribution in [0, 0.1) is 38.8 Å². The molecule has 0 aromatic heterocycles. The Hall–Kier alpha value is -2.36. The van der Waals surface area contributed by atoms with Crippen molar-refractivity contribution in [3.8, 4) is 0 Å². The Kier molecular flexibility index (Phi) is 15.9. The Balaban J connectivity index is 0.000000590. The Morgan fingerprint density at radius 1 is 0.590 bits per heavy atom. The molecule has 0 unspecified atom stereocenters. The van der Waals surface area contributed by atoms with E-state index < -0.39 is 16.0 Å². The topological polar surface area (TPSA) is 40.2 Å². The molecule has 1 aliphatic rings. The van der Waals surface area contributed by atoms with Crippen molar-refractivity contribution in [2.24, 2.45) is 0 Å². The van der Waals surface area contributed by atoms with Gasteiger partial charge in [0.2, 0.25) is 0 Å². The summed E-state index contributed by atoms with van der Waals surface area (Å²) in [5.41, 5.74) is 0.203. The summed E-state index contributed by atoms with van der Waals surface area (Å²) in [4.78, 5) is 14.2. The summed E-state index contributed by atoms with van der Waals surface area (Å²) in [6.07, 6.45) is 10.0. The molecule has 1 amide bonds. The van der Waals surface area contributed by atoms with Crippen molar-refractivity contribution in [3.05, 3.63) is 160 Å². The molecule has 39 heavy (non-hydrogen) atoms. The fraction of sp³-hybridized carbons (Fsp3) is 0.0606. The summed E-state index contributed by atoms with van der Waals surface area (Å²) in [6.45, 7) is 7.25. The second-order valence-electron chi connectivity index (χ2n) is 7.95. The molecular weight excluding hydrogens is 688 g/mol. The molecule has 1 aliphatic carbocycles. The molecule has 0 aliphatic heterocycles. The van der Waals surface area contributed by atoms with Crippen LogP contribution in [0.15, 0.2) is 121 Å². The summed E-state index contributed by atoms with van der Waals surface area (Å²) in [5, 5.41) is 4.55. The van der Waals surface area contributed by atoms with Gasteiger partial charge in [-0.2, -0.15) is 0 Å². The third kappa shape index (κ3) is 9.65. The summed E-state index contributed by atoms with van der Waals surface area (Å²) >= 11 is 0. The predicted molar refractivity (Wildman–Crippen MR) is 161 cm³/mol. The van der Waals surface area contributed by atoms with Crippen molar-refractivity contribution in [2.75, 3.05) is 6.54 Å². The maximum atomic E-state index is 14.2. The first-order chi connectivity index (χ1) is 18.8. The van der Waals surface area contributed by atoms with Gasteiger partial charge in [-0.1, -0.05) is 121 Å². The van der Waals surface area contributed by atoms with E-state index in [-0.39, 0.29) is 26.7 Å². The minimum absolute atomic E-state index is 0. The van der Waals surface area contributed by atoms with Gasteiger partial charge in [0.15, 0.2) is 0 Å². The Morgan fingerprint density at radius 3 is 1.15 bits per heavy atom. The van der Waals surface area contributed by atoms with Crippen LogP contribution in [0.2, 0.25) is 0 Å². The Morgan fingerprint density at radius 2 is 0.872 bits per heavy atom. The number of carbonyl (C=O) groups excluding carboxylic acids is 1. The van der Waals surface area contributed by atoms with Crippen LogP contribution in [0.25, 0.3) is 0 Å². The molecule has 6 heteroatoms. The molecule has 0 atom stereocenters. The normalized spacial score (nSPS) is 11.8. The molecule has 3 nitrogen and oxygen atoms in total. The molecule has 5 radical (unpaired) electrons. The van der Waals surface area contributed by atoms with Crippen LogP contribution >= 0.6 is 16.0 Å². The predicted octanol–water partition coefficient (Wildman–Crippen LogP) is 6.59. The van der Waals surface area contributed by atoms with Gasteiger partial charge in [0.05, 0.1) is 16.0 Å². The first-order valence-corrected chi connectivity index (χ1v) is 14.9. The Bertz CT molecular complexity index is 1130. The van der Waals surface area contributed by atoms with Crippen LogP contribution in [0.3, 0.4) is 0 Å². The van der Waals surface area contributed by atoms with Gasteiger partial charge in [-0.05, 0) is 49.6 Å². The quantitative estimate of drug-likeness (QED) is 0.121. The van der Waals surface area contributed by atoms with Crippen molar-refractivity contribution in [2.45, 2.75) is 6.92 Å². The summed E-state index contributed by atoms with van der Waals surface area (Å²) < 4.78 is 9.60. The van der Waals surface area contributed by atoms with Crippen LogP contribution in [0.5, 0.6) is 0 Å². The Labute approximate surface area is 250 Å². The number of benzene rings is 4. The number of hydrogen-bond acceptors (Lipinski definition) is 1. The fourth-order valence-corrected chi connectivity index (χ4v) is 8.70. The number of rotatable bonds is 7. The van der Waals surface area contributed by atoms with Crippen LogP contribution in [0.1, 0.15) is 6.92 Å². The number of carbonyl (C=O) groups is 1. The third-order valence-electron chi connectivity index (χ3n) is 5.54. The zero-order chi connectivity index (χ0) is 27.0. The first-order valence-electron chi connectivity index (χ1n) is 12.3. The monoisotopic (exact) mass is 718 g/mol. The third-order valence-corrected chi connectivity index (χ3v) is 10.5. The molecule has 1 fully saturated rings. The summed E-state index contributed by atoms with van der Waals surface area (Å²) in [7, 11) is -2.13. The van der Waals surface area contributed by atoms with E-state index in [9.17, 15) is 4.79 Å². The van der Waals surface area contributed by atoms with E-state index in [1.807, 2.05) is 80.6 Å². The van der Waals surface area contributed by atoms with E-state index in [0.717, 1.165) is 10.6 Å². The molecule has 1 saturated carbocycles. The van der Waals surface area contributed by atoms with Gasteiger partial charge < -0.3 is 4.67 Å². The zero-order valence-electron chi connectivity index (χ0n) is 21.7. The zero-order valence-corrected chi connectivity index (χ0v) is 26.4. The minimum Gasteiger partial charge on any atom is -0.0312 e. The second kappa shape index (κ2) is 18.8. The van der Waals surface area contributed by atoms with Gasteiger partial charge in [0.1, 0.15) is 0 Å². The van der Waals surface area contributed by atoms with Crippen LogP contribution in [-0.4, -0.2) is 16.9 Å². The van der Waals surface area contributed by atoms with E-state index in [2.05, 4.69) is 91.0 Å². The van der Waals surface area contributed by atoms with Gasteiger partial charge in [0, 0.05) is 38.2 Å². The standard InChI is InChI=1S/C27H25NOP2.C5H5.CO.W/c1-2-28(31(25-19-11-5-12-20-25)26-21-13-6-14-22-26)27(29)30(23-15-7-3-8-16-23)24-17-9-4-10-18-24;1-2-4-5-3-1;1-2;/h3-22H,2H2,1H3;1-5H;;. The number of hydrogen-bond donors (Lipinski definition) is 0. The molecule has 0 heterocycles. The van der Waals surface area contributed by atoms with Crippen molar-refractivity contribution in [3.63, 3.8) is 0 Å². The summed E-state index contributed by atoms with van der Waals surface area (Å²) in [5.74, 6) is 0. The second-order valence-corrected chi connectivity index (χ2v) is 12.2. The van der Waals surface area contributed by atoms with Crippen molar-refractivity contribution >= 4 is 42.9 Å². The van der Waals surface area contributed by atoms with E-state index >= 15 is 0 Å². The number of amides is 1. The largest absolute Gasteiger partial charge is 0.0312 e. The van der Waals surface area contributed by atoms with Gasteiger partial charge in [-0.3, -0.25) is 4.79 Å². The molecule has 0 saturated heterocycles. The van der Waals surface area contributed by atoms with Crippen LogP contribution < -0.4 is 21.2 Å². The van der Waals surface area contributed by atoms with E-state index in [0.29, 0.717) is 6.54 Å². The van der Waals surface area contributed by atoms with Crippen molar-refractivity contribution < 1.29 is 30.5 Å². The van der Waals surface area contributed by atoms with Gasteiger partial charge in [-0.15, -0.1) is 0 Å². The van der Waals surface area contributed by atoms with E-state index in [1.54, 1.807) is 0 Å². The SMILES string of the molecule is CCN(C(=O)P(c1ccccc1)c1ccccc1)P(c1ccccc1)c1ccccc1.[C-]#[O+].[CH]1[CH][CH][CH][CH]1.[W]. The molecule has 4 aromatic carbocycles. The van der Waals surface area contributed by atoms with Crippen molar-refractivity contribution in [1.29, 1.82) is 0 Å². The van der Waals surface area contributed by atoms with E-state index in [1.165, 1.54) is 10.6 Å². The molecule has 195 valence electrons. The molecule has 0 N–H and O–H groups in total. The molecular formula is C33H30NO2P2W. The van der Waals surface area contributed by atoms with Crippen molar-refractivity contribution in [1.82, 2.24) is 4.67 Å². The average Bonchev–Trinajstić information content (AvgIpc) is 3.60. The molecule has 4 aromatic rings. The molecule has 0 spiro atoms. The minimum atomic E-state index is -1.17. The average molecular weight is 718 g/mol. The molecule has 5 rings (SSSR count). The first kappa shape index (κ1) is 32.8. The van der Waals surface area contributed by atoms with Gasteiger partial charge in [-0.25, -0.2) is 0 Å². The van der Waals surface area contributed by atoms with Gasteiger partial charge >= 0.3 is 11.3 Å². The maximum absolute atomic E-state index is 14.2. The van der Waals surface area contributed by atoms with Crippen LogP contribution in [0.4, 0.5) is 4.79 Å². The van der Waals surface area contributed by atoms with Gasteiger partial charge in [0.25, 0.3) is 5.65 Å². The molecule has 0 bridgehead atoms. The van der Waals surface area contributed by atoms with Crippen LogP contribution in [-0.2, 0) is 25.7 Å². The smallest absolute Gasteiger partial charge is 0 e.